The molecule has 152 valence electrons. The topological polar surface area (TPSA) is 25.4 Å². The molecule has 1 aromatic heterocycles. The van der Waals surface area contributed by atoms with Crippen molar-refractivity contribution < 1.29 is 4.74 Å². The molecule has 0 N–H and O–H groups in total. The van der Waals surface area contributed by atoms with Gasteiger partial charge in [0, 0.05) is 49.2 Å². The average Bonchev–Trinajstić information content (AvgIpc) is 2.66. The molecule has 4 bridgehead atoms. The highest BCUT2D eigenvalue weighted by atomic mass is 35.5. The Balaban J connectivity index is 1.26. The normalized spacial score (nSPS) is 40.8. The van der Waals surface area contributed by atoms with Gasteiger partial charge in [-0.3, -0.25) is 4.90 Å². The zero-order chi connectivity index (χ0) is 19.7. The van der Waals surface area contributed by atoms with Crippen LogP contribution in [0, 0.1) is 11.8 Å². The number of halogens is 1. The van der Waals surface area contributed by atoms with E-state index in [-0.39, 0.29) is 5.60 Å². The Labute approximate surface area is 178 Å². The van der Waals surface area contributed by atoms with E-state index in [0.717, 1.165) is 13.1 Å². The van der Waals surface area contributed by atoms with Crippen LogP contribution in [-0.4, -0.2) is 35.6 Å². The summed E-state index contributed by atoms with van der Waals surface area (Å²) in [5, 5.41) is 0.573. The molecule has 2 aromatic rings. The quantitative estimate of drug-likeness (QED) is 0.651. The van der Waals surface area contributed by atoms with Gasteiger partial charge in [-0.05, 0) is 55.4 Å². The lowest BCUT2D eigenvalue weighted by molar-refractivity contribution is -0.236. The van der Waals surface area contributed by atoms with Crippen molar-refractivity contribution in [2.75, 3.05) is 20.2 Å². The van der Waals surface area contributed by atoms with Gasteiger partial charge >= 0.3 is 0 Å². The maximum absolute atomic E-state index is 6.39. The lowest BCUT2D eigenvalue weighted by atomic mass is 9.36. The summed E-state index contributed by atoms with van der Waals surface area (Å²) in [6, 6.07) is 15.3. The number of fused-ring (bicyclic) bond motifs is 2. The third kappa shape index (κ3) is 2.41. The third-order valence-electron chi connectivity index (χ3n) is 8.77. The largest absolute Gasteiger partial charge is 0.373 e. The van der Waals surface area contributed by atoms with E-state index in [4.69, 9.17) is 16.3 Å². The molecule has 29 heavy (non-hydrogen) atoms. The molecule has 1 aliphatic heterocycles. The molecule has 5 aliphatic rings. The summed E-state index contributed by atoms with van der Waals surface area (Å²) in [5.41, 5.74) is 3.48. The van der Waals surface area contributed by atoms with Crippen molar-refractivity contribution in [3.05, 3.63) is 64.9 Å². The molecular weight excluding hydrogens is 380 g/mol. The first-order valence-electron chi connectivity index (χ1n) is 11.1. The lowest BCUT2D eigenvalue weighted by Gasteiger charge is -2.76. The maximum atomic E-state index is 6.39. The summed E-state index contributed by atoms with van der Waals surface area (Å²) in [6.45, 7) is 2.30. The van der Waals surface area contributed by atoms with E-state index in [1.165, 1.54) is 44.1 Å². The van der Waals surface area contributed by atoms with Crippen molar-refractivity contribution in [1.29, 1.82) is 0 Å². The molecule has 7 rings (SSSR count). The van der Waals surface area contributed by atoms with Crippen LogP contribution >= 0.6 is 11.6 Å². The van der Waals surface area contributed by atoms with Gasteiger partial charge in [-0.15, -0.1) is 0 Å². The first-order chi connectivity index (χ1) is 14.1. The van der Waals surface area contributed by atoms with Gasteiger partial charge in [0.1, 0.15) is 10.8 Å². The summed E-state index contributed by atoms with van der Waals surface area (Å²) in [4.78, 5) is 7.07. The highest BCUT2D eigenvalue weighted by Gasteiger charge is 2.72. The maximum Gasteiger partial charge on any atom is 0.129 e. The highest BCUT2D eigenvalue weighted by Crippen LogP contribution is 2.71. The van der Waals surface area contributed by atoms with Gasteiger partial charge in [-0.2, -0.15) is 0 Å². The van der Waals surface area contributed by atoms with Crippen LogP contribution in [0.4, 0.5) is 0 Å². The van der Waals surface area contributed by atoms with Gasteiger partial charge in [0.15, 0.2) is 0 Å². The SMILES string of the molecule is CO[C@]1(c2ccnc(Cl)c2)[C@@H]2CCC[C@H]1CN(C13CC(c4ccccc4)(C1)C3)C2. The van der Waals surface area contributed by atoms with Crippen molar-refractivity contribution in [3.8, 4) is 0 Å². The van der Waals surface area contributed by atoms with Gasteiger partial charge in [0.05, 0.1) is 0 Å². The van der Waals surface area contributed by atoms with Crippen molar-refractivity contribution in [2.45, 2.75) is 55.1 Å². The number of hydrogen-bond donors (Lipinski definition) is 0. The van der Waals surface area contributed by atoms with Gasteiger partial charge in [-0.25, -0.2) is 4.98 Å². The average molecular weight is 409 g/mol. The molecule has 0 unspecified atom stereocenters. The van der Waals surface area contributed by atoms with Crippen LogP contribution in [0.25, 0.3) is 0 Å². The first kappa shape index (κ1) is 18.4. The van der Waals surface area contributed by atoms with Gasteiger partial charge in [-0.1, -0.05) is 48.4 Å². The van der Waals surface area contributed by atoms with E-state index in [2.05, 4.69) is 46.3 Å². The van der Waals surface area contributed by atoms with Crippen LogP contribution in [0.3, 0.4) is 0 Å². The summed E-state index contributed by atoms with van der Waals surface area (Å²) in [5.74, 6) is 1.06. The lowest BCUT2D eigenvalue weighted by Crippen LogP contribution is -2.79. The molecule has 3 atom stereocenters. The van der Waals surface area contributed by atoms with E-state index in [0.29, 0.717) is 27.9 Å². The number of rotatable bonds is 4. The predicted molar refractivity (Wildman–Crippen MR) is 115 cm³/mol. The summed E-state index contributed by atoms with van der Waals surface area (Å²) in [7, 11) is 1.90. The molecule has 2 heterocycles. The number of nitrogens with zero attached hydrogens (tertiary/aromatic N) is 2. The van der Waals surface area contributed by atoms with Gasteiger partial charge in [0.2, 0.25) is 0 Å². The Hall–Kier alpha value is -1.42. The number of benzene rings is 1. The second-order valence-electron chi connectivity index (χ2n) is 10.00. The van der Waals surface area contributed by atoms with Crippen molar-refractivity contribution >= 4 is 11.6 Å². The second kappa shape index (κ2) is 6.29. The molecule has 1 saturated heterocycles. The number of pyridine rings is 1. The number of hydrogen-bond acceptors (Lipinski definition) is 3. The third-order valence-corrected chi connectivity index (χ3v) is 8.98. The van der Waals surface area contributed by atoms with Crippen LogP contribution in [0.2, 0.25) is 5.15 Å². The number of piperidine rings is 1. The second-order valence-corrected chi connectivity index (χ2v) is 10.4. The molecule has 1 aromatic carbocycles. The molecule has 3 nitrogen and oxygen atoms in total. The molecule has 0 amide bonds. The van der Waals surface area contributed by atoms with Crippen LogP contribution in [0.15, 0.2) is 48.7 Å². The molecular formula is C25H29ClN2O. The van der Waals surface area contributed by atoms with Gasteiger partial charge < -0.3 is 4.74 Å². The van der Waals surface area contributed by atoms with Crippen LogP contribution < -0.4 is 0 Å². The van der Waals surface area contributed by atoms with Crippen molar-refractivity contribution in [1.82, 2.24) is 9.88 Å². The molecule has 5 fully saturated rings. The molecule has 0 spiro atoms. The zero-order valence-corrected chi connectivity index (χ0v) is 17.9. The predicted octanol–water partition coefficient (Wildman–Crippen LogP) is 5.18. The Morgan fingerprint density at radius 1 is 1.00 bits per heavy atom. The van der Waals surface area contributed by atoms with Crippen molar-refractivity contribution in [3.63, 3.8) is 0 Å². The van der Waals surface area contributed by atoms with Crippen LogP contribution in [-0.2, 0) is 15.8 Å². The fourth-order valence-corrected chi connectivity index (χ4v) is 7.73. The first-order valence-corrected chi connectivity index (χ1v) is 11.5. The van der Waals surface area contributed by atoms with E-state index >= 15 is 0 Å². The minimum absolute atomic E-state index is 0.206. The number of methoxy groups -OCH3 is 1. The Bertz CT molecular complexity index is 896. The Morgan fingerprint density at radius 3 is 2.31 bits per heavy atom. The fraction of sp³-hybridized carbons (Fsp3) is 0.560. The molecule has 0 radical (unpaired) electrons. The monoisotopic (exact) mass is 408 g/mol. The van der Waals surface area contributed by atoms with Crippen LogP contribution in [0.1, 0.15) is 49.7 Å². The zero-order valence-electron chi connectivity index (χ0n) is 17.1. The molecule has 4 aliphatic carbocycles. The summed E-state index contributed by atoms with van der Waals surface area (Å²) < 4.78 is 6.39. The van der Waals surface area contributed by atoms with E-state index in [1.807, 2.05) is 19.4 Å². The highest BCUT2D eigenvalue weighted by molar-refractivity contribution is 6.29. The summed E-state index contributed by atoms with van der Waals surface area (Å²) >= 11 is 6.28. The standard InChI is InChI=1S/C25H29ClN2O/c1-29-25(19-10-11-27-22(26)12-19)20-8-5-9-21(25)14-28(13-20)24-15-23(16-24,17-24)18-6-3-2-4-7-18/h2-4,6-7,10-12,20-21H,5,8-9,13-17H2,1H3/t20-,21+,23?,24?,25-. The smallest absolute Gasteiger partial charge is 0.129 e. The molecule has 4 heteroatoms. The van der Waals surface area contributed by atoms with E-state index < -0.39 is 0 Å². The number of aromatic nitrogens is 1. The Kier molecular flexibility index (Phi) is 3.98. The van der Waals surface area contributed by atoms with E-state index in [1.54, 1.807) is 5.56 Å². The van der Waals surface area contributed by atoms with Gasteiger partial charge in [0.25, 0.3) is 0 Å². The number of ether oxygens (including phenoxy) is 1. The van der Waals surface area contributed by atoms with Crippen LogP contribution in [0.5, 0.6) is 0 Å². The number of likely N-dealkylation sites (tertiary alicyclic amines) is 1. The fourth-order valence-electron chi connectivity index (χ4n) is 7.56. The van der Waals surface area contributed by atoms with E-state index in [9.17, 15) is 0 Å². The Morgan fingerprint density at radius 2 is 1.69 bits per heavy atom. The minimum Gasteiger partial charge on any atom is -0.373 e. The summed E-state index contributed by atoms with van der Waals surface area (Å²) in [6.07, 6.45) is 9.64. The minimum atomic E-state index is -0.206. The molecule has 4 saturated carbocycles. The van der Waals surface area contributed by atoms with Crippen molar-refractivity contribution in [2.24, 2.45) is 11.8 Å².